The van der Waals surface area contributed by atoms with Crippen LogP contribution in [-0.2, 0) is 16.3 Å². The molecule has 1 aromatic carbocycles. The van der Waals surface area contributed by atoms with Crippen molar-refractivity contribution in [1.29, 1.82) is 0 Å². The normalized spacial score (nSPS) is 21.3. The van der Waals surface area contributed by atoms with Crippen molar-refractivity contribution in [3.05, 3.63) is 52.8 Å². The van der Waals surface area contributed by atoms with Crippen LogP contribution < -0.4 is 4.90 Å². The Hall–Kier alpha value is -2.08. The summed E-state index contributed by atoms with van der Waals surface area (Å²) in [6.45, 7) is 5.16. The van der Waals surface area contributed by atoms with Gasteiger partial charge in [-0.15, -0.1) is 0 Å². The quantitative estimate of drug-likeness (QED) is 0.758. The van der Waals surface area contributed by atoms with E-state index in [-0.39, 0.29) is 23.3 Å². The molecule has 0 amide bonds. The Labute approximate surface area is 160 Å². The number of aromatic nitrogens is 1. The Morgan fingerprint density at radius 1 is 1.22 bits per heavy atom. The number of sulfone groups is 1. The number of aryl methyl sites for hydroxylation is 2. The molecule has 2 aliphatic heterocycles. The number of ketones is 1. The van der Waals surface area contributed by atoms with Gasteiger partial charge in [-0.05, 0) is 50.8 Å². The van der Waals surface area contributed by atoms with Crippen molar-refractivity contribution < 1.29 is 13.2 Å². The molecule has 0 aliphatic carbocycles. The zero-order valence-corrected chi connectivity index (χ0v) is 16.8. The third-order valence-corrected chi connectivity index (χ3v) is 7.65. The third-order valence-electron chi connectivity index (χ3n) is 5.90. The number of Topliss-reactive ketones (excluding diaryl/α,β-unsaturated/α-hetero) is 1. The molecule has 2 aromatic rings. The van der Waals surface area contributed by atoms with Crippen LogP contribution in [-0.4, -0.2) is 43.4 Å². The standard InChI is InChI=1S/C21H26N2O3S/c1-15-12-19(16(2)23(15)18-9-11-27(25,26)14-18)21(24)13-22-10-5-7-17-6-3-4-8-20(17)22/h3-4,6,8,12,18H,5,7,9-11,13-14H2,1-2H3. The first-order chi connectivity index (χ1) is 12.9. The number of nitrogens with zero attached hydrogens (tertiary/aromatic N) is 2. The van der Waals surface area contributed by atoms with Crippen molar-refractivity contribution in [3.8, 4) is 0 Å². The number of para-hydroxylation sites is 1. The molecule has 144 valence electrons. The number of anilines is 1. The molecule has 0 saturated carbocycles. The monoisotopic (exact) mass is 386 g/mol. The summed E-state index contributed by atoms with van der Waals surface area (Å²) < 4.78 is 25.8. The van der Waals surface area contributed by atoms with Crippen LogP contribution >= 0.6 is 0 Å². The predicted molar refractivity (Wildman–Crippen MR) is 108 cm³/mol. The van der Waals surface area contributed by atoms with Crippen LogP contribution in [0.1, 0.15) is 46.2 Å². The SMILES string of the molecule is Cc1cc(C(=O)CN2CCCc3ccccc32)c(C)n1C1CCS(=O)(=O)C1. The smallest absolute Gasteiger partial charge is 0.183 e. The zero-order chi connectivity index (χ0) is 19.2. The van der Waals surface area contributed by atoms with Crippen LogP contribution in [0, 0.1) is 13.8 Å². The maximum atomic E-state index is 13.1. The summed E-state index contributed by atoms with van der Waals surface area (Å²) in [5, 5.41) is 0. The molecule has 1 unspecified atom stereocenters. The van der Waals surface area contributed by atoms with E-state index < -0.39 is 9.84 Å². The highest BCUT2D eigenvalue weighted by Crippen LogP contribution is 2.30. The Morgan fingerprint density at radius 3 is 2.74 bits per heavy atom. The van der Waals surface area contributed by atoms with Crippen molar-refractivity contribution in [2.75, 3.05) is 29.5 Å². The molecule has 0 spiro atoms. The average molecular weight is 387 g/mol. The molecule has 6 heteroatoms. The molecule has 4 rings (SSSR count). The largest absolute Gasteiger partial charge is 0.364 e. The fourth-order valence-electron chi connectivity index (χ4n) is 4.63. The minimum atomic E-state index is -2.96. The summed E-state index contributed by atoms with van der Waals surface area (Å²) in [6.07, 6.45) is 2.75. The molecule has 3 heterocycles. The topological polar surface area (TPSA) is 59.4 Å². The molecule has 0 N–H and O–H groups in total. The summed E-state index contributed by atoms with van der Waals surface area (Å²) in [5.74, 6) is 0.519. The van der Waals surface area contributed by atoms with Gasteiger partial charge in [-0.2, -0.15) is 0 Å². The lowest BCUT2D eigenvalue weighted by atomic mass is 10.0. The van der Waals surface area contributed by atoms with E-state index in [0.717, 1.165) is 42.0 Å². The summed E-state index contributed by atoms with van der Waals surface area (Å²) >= 11 is 0. The minimum Gasteiger partial charge on any atom is -0.364 e. The number of fused-ring (bicyclic) bond motifs is 1. The highest BCUT2D eigenvalue weighted by Gasteiger charge is 2.32. The Bertz CT molecular complexity index is 991. The molecule has 27 heavy (non-hydrogen) atoms. The fourth-order valence-corrected chi connectivity index (χ4v) is 6.33. The van der Waals surface area contributed by atoms with Crippen molar-refractivity contribution in [3.63, 3.8) is 0 Å². The van der Waals surface area contributed by atoms with Gasteiger partial charge in [0.15, 0.2) is 15.6 Å². The first-order valence-corrected chi connectivity index (χ1v) is 11.4. The lowest BCUT2D eigenvalue weighted by molar-refractivity contribution is 0.0998. The molecular formula is C21H26N2O3S. The van der Waals surface area contributed by atoms with Gasteiger partial charge in [0.1, 0.15) is 0 Å². The van der Waals surface area contributed by atoms with Crippen LogP contribution in [0.25, 0.3) is 0 Å². The second kappa shape index (κ2) is 6.82. The fraction of sp³-hybridized carbons (Fsp3) is 0.476. The lowest BCUT2D eigenvalue weighted by Gasteiger charge is -2.30. The second-order valence-corrected chi connectivity index (χ2v) is 10.0. The molecule has 1 aromatic heterocycles. The molecule has 0 bridgehead atoms. The maximum absolute atomic E-state index is 13.1. The average Bonchev–Trinajstić information content (AvgIpc) is 3.13. The summed E-state index contributed by atoms with van der Waals surface area (Å²) in [6, 6.07) is 10.2. The van der Waals surface area contributed by atoms with Crippen molar-refractivity contribution in [2.24, 2.45) is 0 Å². The van der Waals surface area contributed by atoms with Crippen molar-refractivity contribution >= 4 is 21.3 Å². The van der Waals surface area contributed by atoms with E-state index in [9.17, 15) is 13.2 Å². The van der Waals surface area contributed by atoms with Crippen LogP contribution in [0.5, 0.6) is 0 Å². The van der Waals surface area contributed by atoms with Crippen LogP contribution in [0.4, 0.5) is 5.69 Å². The van der Waals surface area contributed by atoms with E-state index >= 15 is 0 Å². The summed E-state index contributed by atoms with van der Waals surface area (Å²) in [7, 11) is -2.96. The maximum Gasteiger partial charge on any atom is 0.183 e. The number of hydrogen-bond donors (Lipinski definition) is 0. The van der Waals surface area contributed by atoms with Gasteiger partial charge in [-0.1, -0.05) is 18.2 Å². The number of carbonyl (C=O) groups is 1. The molecule has 1 atom stereocenters. The first kappa shape index (κ1) is 18.3. The van der Waals surface area contributed by atoms with Crippen LogP contribution in [0.2, 0.25) is 0 Å². The van der Waals surface area contributed by atoms with Gasteiger partial charge in [-0.3, -0.25) is 4.79 Å². The van der Waals surface area contributed by atoms with E-state index in [1.54, 1.807) is 0 Å². The lowest BCUT2D eigenvalue weighted by Crippen LogP contribution is -2.34. The minimum absolute atomic E-state index is 0.0488. The van der Waals surface area contributed by atoms with Crippen LogP contribution in [0.15, 0.2) is 30.3 Å². The zero-order valence-electron chi connectivity index (χ0n) is 15.9. The van der Waals surface area contributed by atoms with E-state index in [1.807, 2.05) is 32.0 Å². The van der Waals surface area contributed by atoms with Gasteiger partial charge in [0.25, 0.3) is 0 Å². The highest BCUT2D eigenvalue weighted by atomic mass is 32.2. The van der Waals surface area contributed by atoms with E-state index in [0.29, 0.717) is 13.0 Å². The molecule has 0 radical (unpaired) electrons. The number of carbonyl (C=O) groups excluding carboxylic acids is 1. The predicted octanol–water partition coefficient (Wildman–Crippen LogP) is 3.10. The molecular weight excluding hydrogens is 360 g/mol. The highest BCUT2D eigenvalue weighted by molar-refractivity contribution is 7.91. The number of benzene rings is 1. The molecule has 1 saturated heterocycles. The van der Waals surface area contributed by atoms with E-state index in [1.165, 1.54) is 5.56 Å². The van der Waals surface area contributed by atoms with Gasteiger partial charge in [0, 0.05) is 35.2 Å². The number of hydrogen-bond acceptors (Lipinski definition) is 4. The first-order valence-electron chi connectivity index (χ1n) is 9.60. The number of rotatable bonds is 4. The Kier molecular flexibility index (Phi) is 4.62. The van der Waals surface area contributed by atoms with E-state index in [4.69, 9.17) is 0 Å². The second-order valence-electron chi connectivity index (χ2n) is 7.79. The Balaban J connectivity index is 1.58. The molecule has 2 aliphatic rings. The summed E-state index contributed by atoms with van der Waals surface area (Å²) in [5.41, 5.74) is 5.05. The summed E-state index contributed by atoms with van der Waals surface area (Å²) in [4.78, 5) is 15.3. The molecule has 5 nitrogen and oxygen atoms in total. The van der Waals surface area contributed by atoms with Crippen molar-refractivity contribution in [1.82, 2.24) is 4.57 Å². The molecule has 1 fully saturated rings. The van der Waals surface area contributed by atoms with E-state index in [2.05, 4.69) is 21.6 Å². The van der Waals surface area contributed by atoms with Gasteiger partial charge >= 0.3 is 0 Å². The van der Waals surface area contributed by atoms with Gasteiger partial charge in [-0.25, -0.2) is 8.42 Å². The van der Waals surface area contributed by atoms with Gasteiger partial charge in [0.2, 0.25) is 0 Å². The van der Waals surface area contributed by atoms with Crippen LogP contribution in [0.3, 0.4) is 0 Å². The third kappa shape index (κ3) is 3.43. The van der Waals surface area contributed by atoms with Gasteiger partial charge < -0.3 is 9.47 Å². The van der Waals surface area contributed by atoms with Gasteiger partial charge in [0.05, 0.1) is 18.1 Å². The van der Waals surface area contributed by atoms with Crippen molar-refractivity contribution in [2.45, 2.75) is 39.2 Å². The Morgan fingerprint density at radius 2 is 2.00 bits per heavy atom.